The van der Waals surface area contributed by atoms with Gasteiger partial charge in [-0.05, 0) is 24.3 Å². The van der Waals surface area contributed by atoms with Crippen LogP contribution in [0.1, 0.15) is 10.4 Å². The lowest BCUT2D eigenvalue weighted by Crippen LogP contribution is -2.10. The molecule has 0 aliphatic rings. The van der Waals surface area contributed by atoms with Crippen LogP contribution in [0.5, 0.6) is 6.01 Å². The number of carbonyl (C=O) groups is 1. The van der Waals surface area contributed by atoms with E-state index < -0.39 is 5.91 Å². The summed E-state index contributed by atoms with van der Waals surface area (Å²) in [4.78, 5) is 24.0. The molecule has 1 amide bonds. The van der Waals surface area contributed by atoms with Crippen LogP contribution in [0, 0.1) is 0 Å². The fourth-order valence-electron chi connectivity index (χ4n) is 2.07. The van der Waals surface area contributed by atoms with Crippen molar-refractivity contribution in [1.29, 1.82) is 0 Å². The number of amides is 1. The molecule has 0 aliphatic carbocycles. The molecule has 24 heavy (non-hydrogen) atoms. The highest BCUT2D eigenvalue weighted by Crippen LogP contribution is 2.21. The lowest BCUT2D eigenvalue weighted by molar-refractivity contribution is 0.100. The molecule has 0 saturated heterocycles. The molecule has 0 fully saturated rings. The Morgan fingerprint density at radius 2 is 1.71 bits per heavy atom. The van der Waals surface area contributed by atoms with Crippen LogP contribution in [0.25, 0.3) is 11.4 Å². The number of hydrogen-bond acceptors (Lipinski definition) is 6. The van der Waals surface area contributed by atoms with Gasteiger partial charge in [0.25, 0.3) is 0 Å². The maximum atomic E-state index is 11.2. The molecular weight excluding hydrogens is 306 g/mol. The zero-order valence-electron chi connectivity index (χ0n) is 12.9. The van der Waals surface area contributed by atoms with E-state index in [0.717, 1.165) is 11.3 Å². The molecule has 0 saturated carbocycles. The molecule has 0 bridgehead atoms. The van der Waals surface area contributed by atoms with Gasteiger partial charge < -0.3 is 15.8 Å². The average Bonchev–Trinajstić information content (AvgIpc) is 2.62. The third-order valence-electron chi connectivity index (χ3n) is 3.26. The zero-order chi connectivity index (χ0) is 16.9. The number of aromatic nitrogens is 3. The Morgan fingerprint density at radius 3 is 2.33 bits per heavy atom. The van der Waals surface area contributed by atoms with Crippen molar-refractivity contribution in [2.75, 3.05) is 12.4 Å². The average molecular weight is 321 g/mol. The smallest absolute Gasteiger partial charge is 0.321 e. The minimum absolute atomic E-state index is 0.192. The van der Waals surface area contributed by atoms with E-state index in [-0.39, 0.29) is 6.01 Å². The Labute approximate surface area is 138 Å². The summed E-state index contributed by atoms with van der Waals surface area (Å²) in [5.41, 5.74) is 7.23. The molecule has 1 aromatic heterocycles. The second-order valence-corrected chi connectivity index (χ2v) is 4.90. The quantitative estimate of drug-likeness (QED) is 0.748. The Bertz CT molecular complexity index is 851. The van der Waals surface area contributed by atoms with Crippen LogP contribution in [0.4, 0.5) is 11.6 Å². The Kier molecular flexibility index (Phi) is 4.33. The number of primary amides is 1. The third kappa shape index (κ3) is 3.46. The Balaban J connectivity index is 1.95. The second-order valence-electron chi connectivity index (χ2n) is 4.90. The highest BCUT2D eigenvalue weighted by Gasteiger charge is 2.10. The van der Waals surface area contributed by atoms with Gasteiger partial charge in [-0.1, -0.05) is 30.3 Å². The van der Waals surface area contributed by atoms with Crippen LogP contribution in [-0.4, -0.2) is 28.0 Å². The first-order valence-corrected chi connectivity index (χ1v) is 7.18. The topological polar surface area (TPSA) is 103 Å². The number of hydrogen-bond donors (Lipinski definition) is 2. The van der Waals surface area contributed by atoms with E-state index in [4.69, 9.17) is 10.5 Å². The molecule has 2 aromatic carbocycles. The summed E-state index contributed by atoms with van der Waals surface area (Å²) in [7, 11) is 1.49. The number of nitrogens with one attached hydrogen (secondary N) is 1. The van der Waals surface area contributed by atoms with Crippen molar-refractivity contribution in [3.05, 3.63) is 60.2 Å². The lowest BCUT2D eigenvalue weighted by Gasteiger charge is -2.08. The molecule has 3 N–H and O–H groups in total. The van der Waals surface area contributed by atoms with Crippen molar-refractivity contribution >= 4 is 17.5 Å². The maximum Gasteiger partial charge on any atom is 0.321 e. The standard InChI is InChI=1S/C17H15N5O2/c1-24-17-21-15(12-9-7-11(8-10-12)14(18)23)20-16(22-17)19-13-5-3-2-4-6-13/h2-10H,1H3,(H2,18,23)(H,19,20,21,22). The monoisotopic (exact) mass is 321 g/mol. The summed E-state index contributed by atoms with van der Waals surface area (Å²) in [6.07, 6.45) is 0. The molecule has 120 valence electrons. The van der Waals surface area contributed by atoms with Crippen LogP contribution in [0.15, 0.2) is 54.6 Å². The number of anilines is 2. The summed E-state index contributed by atoms with van der Waals surface area (Å²) in [5, 5.41) is 3.10. The van der Waals surface area contributed by atoms with Crippen molar-refractivity contribution < 1.29 is 9.53 Å². The minimum atomic E-state index is -0.485. The highest BCUT2D eigenvalue weighted by molar-refractivity contribution is 5.93. The summed E-state index contributed by atoms with van der Waals surface area (Å²) in [5.74, 6) is 0.305. The van der Waals surface area contributed by atoms with Gasteiger partial charge in [0.15, 0.2) is 5.82 Å². The maximum absolute atomic E-state index is 11.2. The van der Waals surface area contributed by atoms with Crippen molar-refractivity contribution in [3.63, 3.8) is 0 Å². The van der Waals surface area contributed by atoms with Crippen LogP contribution in [0.3, 0.4) is 0 Å². The summed E-state index contributed by atoms with van der Waals surface area (Å²) in [6, 6.07) is 16.4. The number of methoxy groups -OCH3 is 1. The fraction of sp³-hybridized carbons (Fsp3) is 0.0588. The predicted molar refractivity (Wildman–Crippen MR) is 90.1 cm³/mol. The number of ether oxygens (including phenoxy) is 1. The molecule has 0 unspecified atom stereocenters. The van der Waals surface area contributed by atoms with E-state index in [2.05, 4.69) is 20.3 Å². The van der Waals surface area contributed by atoms with Crippen LogP contribution in [-0.2, 0) is 0 Å². The first kappa shape index (κ1) is 15.4. The van der Waals surface area contributed by atoms with Crippen molar-refractivity contribution in [2.45, 2.75) is 0 Å². The molecule has 0 atom stereocenters. The van der Waals surface area contributed by atoms with Gasteiger partial charge in [-0.3, -0.25) is 4.79 Å². The minimum Gasteiger partial charge on any atom is -0.467 e. The lowest BCUT2D eigenvalue weighted by atomic mass is 10.1. The first-order valence-electron chi connectivity index (χ1n) is 7.18. The number of para-hydroxylation sites is 1. The molecule has 3 rings (SSSR count). The van der Waals surface area contributed by atoms with Gasteiger partial charge in [-0.25, -0.2) is 0 Å². The van der Waals surface area contributed by atoms with Gasteiger partial charge in [0.05, 0.1) is 7.11 Å². The summed E-state index contributed by atoms with van der Waals surface area (Å²) >= 11 is 0. The number of carbonyl (C=O) groups excluding carboxylic acids is 1. The number of benzene rings is 2. The summed E-state index contributed by atoms with van der Waals surface area (Å²) < 4.78 is 5.14. The molecule has 0 radical (unpaired) electrons. The van der Waals surface area contributed by atoms with E-state index in [1.807, 2.05) is 30.3 Å². The first-order chi connectivity index (χ1) is 11.7. The Hall–Kier alpha value is -3.48. The van der Waals surface area contributed by atoms with E-state index in [9.17, 15) is 4.79 Å². The molecule has 1 heterocycles. The molecule has 0 aliphatic heterocycles. The van der Waals surface area contributed by atoms with Crippen LogP contribution in [0.2, 0.25) is 0 Å². The van der Waals surface area contributed by atoms with Crippen LogP contribution < -0.4 is 15.8 Å². The number of nitrogens with zero attached hydrogens (tertiary/aromatic N) is 3. The van der Waals surface area contributed by atoms with Gasteiger partial charge in [0.1, 0.15) is 0 Å². The molecular formula is C17H15N5O2. The van der Waals surface area contributed by atoms with E-state index in [1.54, 1.807) is 24.3 Å². The van der Waals surface area contributed by atoms with Gasteiger partial charge in [-0.2, -0.15) is 15.0 Å². The van der Waals surface area contributed by atoms with E-state index >= 15 is 0 Å². The van der Waals surface area contributed by atoms with Gasteiger partial charge in [0.2, 0.25) is 11.9 Å². The molecule has 3 aromatic rings. The third-order valence-corrected chi connectivity index (χ3v) is 3.26. The second kappa shape index (κ2) is 6.74. The Morgan fingerprint density at radius 1 is 1.00 bits per heavy atom. The van der Waals surface area contributed by atoms with E-state index in [0.29, 0.717) is 17.3 Å². The van der Waals surface area contributed by atoms with Gasteiger partial charge in [-0.15, -0.1) is 0 Å². The van der Waals surface area contributed by atoms with E-state index in [1.165, 1.54) is 7.11 Å². The summed E-state index contributed by atoms with van der Waals surface area (Å²) in [6.45, 7) is 0. The number of rotatable bonds is 5. The molecule has 7 nitrogen and oxygen atoms in total. The van der Waals surface area contributed by atoms with Crippen LogP contribution >= 0.6 is 0 Å². The zero-order valence-corrected chi connectivity index (χ0v) is 12.9. The SMILES string of the molecule is COc1nc(Nc2ccccc2)nc(-c2ccc(C(N)=O)cc2)n1. The number of nitrogens with two attached hydrogens (primary N) is 1. The molecule has 0 spiro atoms. The predicted octanol–water partition coefficient (Wildman–Crippen LogP) is 2.39. The fourth-order valence-corrected chi connectivity index (χ4v) is 2.07. The van der Waals surface area contributed by atoms with Gasteiger partial charge >= 0.3 is 6.01 Å². The normalized spacial score (nSPS) is 10.2. The molecule has 7 heteroatoms. The largest absolute Gasteiger partial charge is 0.467 e. The van der Waals surface area contributed by atoms with Crippen molar-refractivity contribution in [1.82, 2.24) is 15.0 Å². The van der Waals surface area contributed by atoms with Crippen molar-refractivity contribution in [2.24, 2.45) is 5.73 Å². The van der Waals surface area contributed by atoms with Gasteiger partial charge in [0, 0.05) is 16.8 Å². The highest BCUT2D eigenvalue weighted by atomic mass is 16.5. The van der Waals surface area contributed by atoms with Crippen molar-refractivity contribution in [3.8, 4) is 17.4 Å².